The molecule has 1 N–H and O–H groups in total. The lowest BCUT2D eigenvalue weighted by Crippen LogP contribution is -2.59. The molecule has 0 amide bonds. The van der Waals surface area contributed by atoms with E-state index in [4.69, 9.17) is 18.9 Å². The zero-order chi connectivity index (χ0) is 17.7. The van der Waals surface area contributed by atoms with Crippen LogP contribution in [0.5, 0.6) is 11.5 Å². The maximum atomic E-state index is 12.7. The van der Waals surface area contributed by atoms with Crippen LogP contribution in [0, 0.1) is 0 Å². The van der Waals surface area contributed by atoms with E-state index in [-0.39, 0.29) is 13.2 Å². The summed E-state index contributed by atoms with van der Waals surface area (Å²) in [6, 6.07) is 3.41. The summed E-state index contributed by atoms with van der Waals surface area (Å²) in [6.07, 6.45) is 0.635. The quantitative estimate of drug-likeness (QED) is 0.616. The first-order chi connectivity index (χ1) is 11.5. The highest BCUT2D eigenvalue weighted by atomic mass is 16.6. The van der Waals surface area contributed by atoms with Crippen LogP contribution in [0.15, 0.2) is 12.1 Å². The molecule has 0 unspecified atom stereocenters. The average molecular weight is 337 g/mol. The molecule has 24 heavy (non-hydrogen) atoms. The molecular formula is C17H23NO6. The number of fused-ring (bicyclic) bond motifs is 1. The maximum absolute atomic E-state index is 12.7. The lowest BCUT2D eigenvalue weighted by Gasteiger charge is -2.36. The van der Waals surface area contributed by atoms with Crippen LogP contribution in [-0.2, 0) is 31.0 Å². The van der Waals surface area contributed by atoms with E-state index in [0.717, 1.165) is 5.56 Å². The molecule has 1 aliphatic heterocycles. The summed E-state index contributed by atoms with van der Waals surface area (Å²) < 4.78 is 21.0. The Morgan fingerprint density at radius 2 is 1.58 bits per heavy atom. The SMILES string of the molecule is CCOC(=O)C1(C(=O)OCC)NCCc2cc(OC)c(OC)cc21. The van der Waals surface area contributed by atoms with Crippen molar-refractivity contribution in [2.45, 2.75) is 25.8 Å². The fraction of sp³-hybridized carbons (Fsp3) is 0.529. The highest BCUT2D eigenvalue weighted by molar-refractivity contribution is 6.06. The van der Waals surface area contributed by atoms with E-state index in [2.05, 4.69) is 5.32 Å². The first-order valence-electron chi connectivity index (χ1n) is 7.89. The fourth-order valence-corrected chi connectivity index (χ4v) is 2.88. The number of methoxy groups -OCH3 is 2. The van der Waals surface area contributed by atoms with Crippen molar-refractivity contribution >= 4 is 11.9 Å². The first-order valence-corrected chi connectivity index (χ1v) is 7.89. The predicted molar refractivity (Wildman–Crippen MR) is 86.2 cm³/mol. The van der Waals surface area contributed by atoms with E-state index >= 15 is 0 Å². The molecule has 0 saturated carbocycles. The maximum Gasteiger partial charge on any atom is 0.342 e. The number of ether oxygens (including phenoxy) is 4. The van der Waals surface area contributed by atoms with Gasteiger partial charge in [-0.05, 0) is 38.0 Å². The number of benzene rings is 1. The van der Waals surface area contributed by atoms with Gasteiger partial charge in [-0.3, -0.25) is 5.32 Å². The molecule has 7 heteroatoms. The second-order valence-electron chi connectivity index (χ2n) is 5.23. The van der Waals surface area contributed by atoms with Gasteiger partial charge in [0.05, 0.1) is 27.4 Å². The topological polar surface area (TPSA) is 83.1 Å². The molecule has 0 fully saturated rings. The van der Waals surface area contributed by atoms with Gasteiger partial charge < -0.3 is 18.9 Å². The number of rotatable bonds is 6. The third-order valence-electron chi connectivity index (χ3n) is 3.96. The summed E-state index contributed by atoms with van der Waals surface area (Å²) in [4.78, 5) is 25.4. The van der Waals surface area contributed by atoms with Crippen molar-refractivity contribution in [1.82, 2.24) is 5.32 Å². The molecule has 0 atom stereocenters. The molecular weight excluding hydrogens is 314 g/mol. The molecule has 1 aliphatic rings. The molecule has 2 rings (SSSR count). The van der Waals surface area contributed by atoms with Crippen LogP contribution in [0.4, 0.5) is 0 Å². The van der Waals surface area contributed by atoms with Crippen LogP contribution < -0.4 is 14.8 Å². The van der Waals surface area contributed by atoms with Crippen molar-refractivity contribution in [2.24, 2.45) is 0 Å². The van der Waals surface area contributed by atoms with E-state index in [1.165, 1.54) is 14.2 Å². The van der Waals surface area contributed by atoms with E-state index < -0.39 is 17.5 Å². The van der Waals surface area contributed by atoms with Crippen LogP contribution >= 0.6 is 0 Å². The van der Waals surface area contributed by atoms with Crippen molar-refractivity contribution in [3.05, 3.63) is 23.3 Å². The largest absolute Gasteiger partial charge is 0.493 e. The van der Waals surface area contributed by atoms with E-state index in [1.807, 2.05) is 0 Å². The minimum Gasteiger partial charge on any atom is -0.493 e. The van der Waals surface area contributed by atoms with Gasteiger partial charge >= 0.3 is 11.9 Å². The van der Waals surface area contributed by atoms with Crippen molar-refractivity contribution in [3.8, 4) is 11.5 Å². The van der Waals surface area contributed by atoms with E-state index in [9.17, 15) is 9.59 Å². The molecule has 0 aliphatic carbocycles. The highest BCUT2D eigenvalue weighted by Crippen LogP contribution is 2.39. The van der Waals surface area contributed by atoms with Gasteiger partial charge in [-0.15, -0.1) is 0 Å². The molecule has 1 aromatic carbocycles. The van der Waals surface area contributed by atoms with E-state index in [1.54, 1.807) is 26.0 Å². The number of carbonyl (C=O) groups is 2. The molecule has 132 valence electrons. The summed E-state index contributed by atoms with van der Waals surface area (Å²) in [5.41, 5.74) is -0.407. The van der Waals surface area contributed by atoms with Gasteiger partial charge in [0, 0.05) is 12.1 Å². The van der Waals surface area contributed by atoms with Gasteiger partial charge in [-0.25, -0.2) is 9.59 Å². The lowest BCUT2D eigenvalue weighted by atomic mass is 9.81. The van der Waals surface area contributed by atoms with Crippen molar-refractivity contribution < 1.29 is 28.5 Å². The fourth-order valence-electron chi connectivity index (χ4n) is 2.88. The van der Waals surface area contributed by atoms with Gasteiger partial charge in [-0.2, -0.15) is 0 Å². The summed E-state index contributed by atoms with van der Waals surface area (Å²) in [5, 5.41) is 3.00. The molecule has 7 nitrogen and oxygen atoms in total. The number of carbonyl (C=O) groups excluding carboxylic acids is 2. The zero-order valence-corrected chi connectivity index (χ0v) is 14.4. The molecule has 0 radical (unpaired) electrons. The Labute approximate surface area is 141 Å². The Morgan fingerprint density at radius 3 is 2.08 bits per heavy atom. The normalized spacial score (nSPS) is 15.2. The van der Waals surface area contributed by atoms with Gasteiger partial charge in [-0.1, -0.05) is 0 Å². The summed E-state index contributed by atoms with van der Waals surface area (Å²) in [5.74, 6) is -0.397. The molecule has 0 bridgehead atoms. The summed E-state index contributed by atoms with van der Waals surface area (Å²) in [6.45, 7) is 4.12. The standard InChI is InChI=1S/C17H23NO6/c1-5-23-15(19)17(16(20)24-6-2)12-10-14(22-4)13(21-3)9-11(12)7-8-18-17/h9-10,18H,5-8H2,1-4H3. The Morgan fingerprint density at radius 1 is 1.04 bits per heavy atom. The van der Waals surface area contributed by atoms with Crippen LogP contribution in [0.1, 0.15) is 25.0 Å². The third-order valence-corrected chi connectivity index (χ3v) is 3.96. The Kier molecular flexibility index (Phi) is 5.66. The molecule has 1 heterocycles. The number of hydrogen-bond acceptors (Lipinski definition) is 7. The van der Waals surface area contributed by atoms with Crippen LogP contribution in [0.25, 0.3) is 0 Å². The van der Waals surface area contributed by atoms with Gasteiger partial charge in [0.25, 0.3) is 0 Å². The number of hydrogen-bond donors (Lipinski definition) is 1. The van der Waals surface area contributed by atoms with Crippen LogP contribution in [0.2, 0.25) is 0 Å². The monoisotopic (exact) mass is 337 g/mol. The molecule has 0 saturated heterocycles. The Bertz CT molecular complexity index is 610. The molecule has 0 spiro atoms. The summed E-state index contributed by atoms with van der Waals surface area (Å²) >= 11 is 0. The van der Waals surface area contributed by atoms with Gasteiger partial charge in [0.1, 0.15) is 0 Å². The minimum absolute atomic E-state index is 0.157. The van der Waals surface area contributed by atoms with Crippen molar-refractivity contribution in [2.75, 3.05) is 34.0 Å². The second-order valence-corrected chi connectivity index (χ2v) is 5.23. The molecule has 1 aromatic rings. The number of esters is 2. The van der Waals surface area contributed by atoms with Gasteiger partial charge in [0.15, 0.2) is 11.5 Å². The lowest BCUT2D eigenvalue weighted by molar-refractivity contribution is -0.167. The Balaban J connectivity index is 2.66. The van der Waals surface area contributed by atoms with E-state index in [0.29, 0.717) is 30.0 Å². The smallest absolute Gasteiger partial charge is 0.342 e. The predicted octanol–water partition coefficient (Wildman–Crippen LogP) is 1.17. The highest BCUT2D eigenvalue weighted by Gasteiger charge is 2.53. The molecule has 0 aromatic heterocycles. The van der Waals surface area contributed by atoms with Crippen molar-refractivity contribution in [1.29, 1.82) is 0 Å². The minimum atomic E-state index is -1.70. The van der Waals surface area contributed by atoms with Crippen molar-refractivity contribution in [3.63, 3.8) is 0 Å². The van der Waals surface area contributed by atoms with Gasteiger partial charge in [0.2, 0.25) is 5.54 Å². The zero-order valence-electron chi connectivity index (χ0n) is 14.4. The average Bonchev–Trinajstić information content (AvgIpc) is 2.60. The summed E-state index contributed by atoms with van der Waals surface area (Å²) in [7, 11) is 3.03. The first kappa shape index (κ1) is 18.1. The Hall–Kier alpha value is -2.28. The third kappa shape index (κ3) is 2.91. The van der Waals surface area contributed by atoms with Crippen LogP contribution in [0.3, 0.4) is 0 Å². The number of nitrogens with one attached hydrogen (secondary N) is 1. The van der Waals surface area contributed by atoms with Crippen LogP contribution in [-0.4, -0.2) is 45.9 Å². The second kappa shape index (κ2) is 7.53.